The lowest BCUT2D eigenvalue weighted by atomic mass is 10.0. The van der Waals surface area contributed by atoms with Crippen molar-refractivity contribution in [3.05, 3.63) is 53.7 Å². The third-order valence-corrected chi connectivity index (χ3v) is 3.67. The van der Waals surface area contributed by atoms with E-state index in [9.17, 15) is 4.79 Å². The van der Waals surface area contributed by atoms with E-state index < -0.39 is 5.97 Å². The number of carboxylic acid groups (broad SMARTS) is 1. The molecule has 0 radical (unpaired) electrons. The molecule has 2 N–H and O–H groups in total. The van der Waals surface area contributed by atoms with Crippen molar-refractivity contribution in [2.45, 2.75) is 18.9 Å². The Morgan fingerprint density at radius 2 is 2.05 bits per heavy atom. The second-order valence-corrected chi connectivity index (χ2v) is 5.01. The highest BCUT2D eigenvalue weighted by atomic mass is 16.4. The number of carbonyl (C=O) groups is 1. The molecule has 0 amide bonds. The molecule has 102 valence electrons. The second-order valence-electron chi connectivity index (χ2n) is 5.01. The van der Waals surface area contributed by atoms with E-state index in [1.165, 1.54) is 12.0 Å². The van der Waals surface area contributed by atoms with Gasteiger partial charge in [0, 0.05) is 17.8 Å². The van der Waals surface area contributed by atoms with Gasteiger partial charge in [-0.2, -0.15) is 0 Å². The second kappa shape index (κ2) is 5.43. The lowest BCUT2D eigenvalue weighted by molar-refractivity contribution is 0.0697. The van der Waals surface area contributed by atoms with Crippen LogP contribution in [0.5, 0.6) is 0 Å². The quantitative estimate of drug-likeness (QED) is 0.898. The number of benzene rings is 1. The molecule has 2 aromatic rings. The largest absolute Gasteiger partial charge is 0.478 e. The van der Waals surface area contributed by atoms with Gasteiger partial charge in [-0.3, -0.25) is 4.98 Å². The molecule has 1 aliphatic heterocycles. The van der Waals surface area contributed by atoms with Crippen molar-refractivity contribution < 1.29 is 9.90 Å². The fourth-order valence-electron chi connectivity index (χ4n) is 2.57. The maximum atomic E-state index is 10.9. The number of hydrogen-bond acceptors (Lipinski definition) is 3. The van der Waals surface area contributed by atoms with E-state index in [-0.39, 0.29) is 0 Å². The average molecular weight is 268 g/mol. The van der Waals surface area contributed by atoms with E-state index in [1.807, 2.05) is 12.3 Å². The minimum atomic E-state index is -0.909. The first-order valence-corrected chi connectivity index (χ1v) is 6.77. The number of nitrogens with zero attached hydrogens (tertiary/aromatic N) is 1. The minimum Gasteiger partial charge on any atom is -0.478 e. The molecule has 0 saturated carbocycles. The number of pyridine rings is 1. The highest BCUT2D eigenvalue weighted by Crippen LogP contribution is 2.26. The highest BCUT2D eigenvalue weighted by Gasteiger charge is 2.16. The molecule has 4 nitrogen and oxygen atoms in total. The number of aromatic carboxylic acids is 1. The molecule has 1 atom stereocenters. The molecule has 0 unspecified atom stereocenters. The molecule has 4 heteroatoms. The maximum absolute atomic E-state index is 10.9. The zero-order chi connectivity index (χ0) is 13.9. The summed E-state index contributed by atoms with van der Waals surface area (Å²) in [5.41, 5.74) is 3.36. The molecular formula is C16H16N2O2. The van der Waals surface area contributed by atoms with E-state index in [2.05, 4.69) is 16.4 Å². The standard InChI is InChI=1S/C16H16N2O2/c19-16(20)12-5-3-11(4-6-12)15-10-13(7-9-18-15)14-2-1-8-17-14/h3-7,9-10,14,17H,1-2,8H2,(H,19,20)/t14-/m1/s1. The van der Waals surface area contributed by atoms with Crippen molar-refractivity contribution in [3.8, 4) is 11.3 Å². The van der Waals surface area contributed by atoms with Crippen LogP contribution < -0.4 is 5.32 Å². The van der Waals surface area contributed by atoms with Crippen LogP contribution in [0.4, 0.5) is 0 Å². The van der Waals surface area contributed by atoms with Gasteiger partial charge in [-0.15, -0.1) is 0 Å². The summed E-state index contributed by atoms with van der Waals surface area (Å²) >= 11 is 0. The minimum absolute atomic E-state index is 0.294. The molecule has 0 bridgehead atoms. The van der Waals surface area contributed by atoms with E-state index in [1.54, 1.807) is 24.3 Å². The van der Waals surface area contributed by atoms with Gasteiger partial charge < -0.3 is 10.4 Å². The summed E-state index contributed by atoms with van der Waals surface area (Å²) in [6.07, 6.45) is 4.17. The Balaban J connectivity index is 1.89. The van der Waals surface area contributed by atoms with Crippen LogP contribution in [0, 0.1) is 0 Å². The Bertz CT molecular complexity index is 617. The van der Waals surface area contributed by atoms with Crippen molar-refractivity contribution in [3.63, 3.8) is 0 Å². The first-order valence-electron chi connectivity index (χ1n) is 6.77. The Kier molecular flexibility index (Phi) is 3.48. The molecule has 20 heavy (non-hydrogen) atoms. The summed E-state index contributed by atoms with van der Waals surface area (Å²) in [6.45, 7) is 1.07. The van der Waals surface area contributed by atoms with Crippen LogP contribution in [0.3, 0.4) is 0 Å². The van der Waals surface area contributed by atoms with Crippen molar-refractivity contribution in [2.24, 2.45) is 0 Å². The van der Waals surface area contributed by atoms with E-state index >= 15 is 0 Å². The van der Waals surface area contributed by atoms with Crippen molar-refractivity contribution in [2.75, 3.05) is 6.54 Å². The number of aromatic nitrogens is 1. The van der Waals surface area contributed by atoms with Crippen LogP contribution in [-0.2, 0) is 0 Å². The number of carboxylic acids is 1. The van der Waals surface area contributed by atoms with E-state index in [0.29, 0.717) is 11.6 Å². The van der Waals surface area contributed by atoms with Gasteiger partial charge in [-0.05, 0) is 49.2 Å². The number of hydrogen-bond donors (Lipinski definition) is 2. The van der Waals surface area contributed by atoms with Crippen LogP contribution in [0.15, 0.2) is 42.6 Å². The van der Waals surface area contributed by atoms with Crippen LogP contribution in [0.1, 0.15) is 34.8 Å². The molecule has 1 aliphatic rings. The predicted octanol–water partition coefficient (Wildman–Crippen LogP) is 2.87. The first kappa shape index (κ1) is 12.8. The molecule has 2 heterocycles. The van der Waals surface area contributed by atoms with E-state index in [0.717, 1.165) is 24.2 Å². The topological polar surface area (TPSA) is 62.2 Å². The van der Waals surface area contributed by atoms with E-state index in [4.69, 9.17) is 5.11 Å². The SMILES string of the molecule is O=C(O)c1ccc(-c2cc([C@H]3CCCN3)ccn2)cc1. The zero-order valence-corrected chi connectivity index (χ0v) is 11.0. The third kappa shape index (κ3) is 2.56. The van der Waals surface area contributed by atoms with Gasteiger partial charge in [0.15, 0.2) is 0 Å². The normalized spacial score (nSPS) is 18.1. The summed E-state index contributed by atoms with van der Waals surface area (Å²) in [6, 6.07) is 11.4. The van der Waals surface area contributed by atoms with Crippen LogP contribution in [-0.4, -0.2) is 22.6 Å². The number of nitrogens with one attached hydrogen (secondary N) is 1. The fraction of sp³-hybridized carbons (Fsp3) is 0.250. The molecule has 0 aliphatic carbocycles. The Hall–Kier alpha value is -2.20. The summed E-state index contributed by atoms with van der Waals surface area (Å²) in [4.78, 5) is 15.2. The molecular weight excluding hydrogens is 252 g/mol. The van der Waals surface area contributed by atoms with Crippen molar-refractivity contribution in [1.29, 1.82) is 0 Å². The average Bonchev–Trinajstić information content (AvgIpc) is 3.02. The summed E-state index contributed by atoms with van der Waals surface area (Å²) in [5.74, 6) is -0.909. The van der Waals surface area contributed by atoms with Gasteiger partial charge in [-0.1, -0.05) is 12.1 Å². The molecule has 0 spiro atoms. The van der Waals surface area contributed by atoms with Gasteiger partial charge in [0.1, 0.15) is 0 Å². The molecule has 1 aromatic carbocycles. The third-order valence-electron chi connectivity index (χ3n) is 3.67. The van der Waals surface area contributed by atoms with Gasteiger partial charge in [0.2, 0.25) is 0 Å². The number of rotatable bonds is 3. The summed E-state index contributed by atoms with van der Waals surface area (Å²) in [7, 11) is 0. The predicted molar refractivity (Wildman–Crippen MR) is 76.6 cm³/mol. The molecule has 3 rings (SSSR count). The van der Waals surface area contributed by atoms with Gasteiger partial charge >= 0.3 is 5.97 Å². The molecule has 1 aromatic heterocycles. The van der Waals surface area contributed by atoms with Gasteiger partial charge in [0.25, 0.3) is 0 Å². The van der Waals surface area contributed by atoms with Gasteiger partial charge in [0.05, 0.1) is 11.3 Å². The fourth-order valence-corrected chi connectivity index (χ4v) is 2.57. The first-order chi connectivity index (χ1) is 9.74. The molecule has 1 saturated heterocycles. The zero-order valence-electron chi connectivity index (χ0n) is 11.0. The Labute approximate surface area is 117 Å². The summed E-state index contributed by atoms with van der Waals surface area (Å²) in [5, 5.41) is 12.4. The van der Waals surface area contributed by atoms with Crippen molar-refractivity contribution in [1.82, 2.24) is 10.3 Å². The van der Waals surface area contributed by atoms with Crippen molar-refractivity contribution >= 4 is 5.97 Å². The Morgan fingerprint density at radius 3 is 2.70 bits per heavy atom. The Morgan fingerprint density at radius 1 is 1.25 bits per heavy atom. The molecule has 1 fully saturated rings. The van der Waals surface area contributed by atoms with Crippen LogP contribution >= 0.6 is 0 Å². The maximum Gasteiger partial charge on any atom is 0.335 e. The smallest absolute Gasteiger partial charge is 0.335 e. The lowest BCUT2D eigenvalue weighted by Gasteiger charge is -2.11. The summed E-state index contributed by atoms with van der Waals surface area (Å²) < 4.78 is 0. The van der Waals surface area contributed by atoms with Gasteiger partial charge in [-0.25, -0.2) is 4.79 Å². The van der Waals surface area contributed by atoms with Crippen LogP contribution in [0.2, 0.25) is 0 Å². The van der Waals surface area contributed by atoms with Crippen LogP contribution in [0.25, 0.3) is 11.3 Å². The monoisotopic (exact) mass is 268 g/mol. The lowest BCUT2D eigenvalue weighted by Crippen LogP contribution is -2.12. The highest BCUT2D eigenvalue weighted by molar-refractivity contribution is 5.88.